The van der Waals surface area contributed by atoms with Gasteiger partial charge in [0, 0.05) is 5.57 Å². The normalized spacial score (nSPS) is 9.60. The van der Waals surface area contributed by atoms with Crippen LogP contribution in [-0.4, -0.2) is 11.1 Å². The van der Waals surface area contributed by atoms with E-state index >= 15 is 0 Å². The Morgan fingerprint density at radius 3 is 2.00 bits per heavy atom. The minimum absolute atomic E-state index is 0.0885. The van der Waals surface area contributed by atoms with E-state index in [0.29, 0.717) is 10.9 Å². The molecule has 0 aliphatic carbocycles. The van der Waals surface area contributed by atoms with Crippen molar-refractivity contribution in [3.05, 3.63) is 36.5 Å². The highest BCUT2D eigenvalue weighted by atomic mass is 79.9. The van der Waals surface area contributed by atoms with Crippen molar-refractivity contribution in [3.8, 4) is 0 Å². The Kier molecular flexibility index (Phi) is 25.2. The molecule has 0 N–H and O–H groups in total. The van der Waals surface area contributed by atoms with E-state index in [2.05, 4.69) is 22.5 Å². The van der Waals surface area contributed by atoms with E-state index in [-0.39, 0.29) is 5.78 Å². The number of hydrogen-bond acceptors (Lipinski definition) is 1. The maximum absolute atomic E-state index is 11.0. The number of rotatable bonds is 4. The molecule has 0 saturated heterocycles. The molecule has 1 nitrogen and oxygen atoms in total. The van der Waals surface area contributed by atoms with Gasteiger partial charge in [-0.25, -0.2) is 0 Å². The Morgan fingerprint density at radius 2 is 1.73 bits per heavy atom. The number of allylic oxidation sites excluding steroid dienone is 5. The van der Waals surface area contributed by atoms with E-state index in [4.69, 9.17) is 0 Å². The number of carbonyl (C=O) groups is 1. The van der Waals surface area contributed by atoms with Gasteiger partial charge in [-0.2, -0.15) is 0 Å². The molecular formula is C13H23BrO. The average Bonchev–Trinajstić information content (AvgIpc) is 2.34. The van der Waals surface area contributed by atoms with Gasteiger partial charge in [-0.3, -0.25) is 4.79 Å². The molecule has 0 spiro atoms. The Hall–Kier alpha value is -0.630. The van der Waals surface area contributed by atoms with Crippen LogP contribution in [0.15, 0.2) is 36.5 Å². The van der Waals surface area contributed by atoms with Crippen molar-refractivity contribution in [1.82, 2.24) is 0 Å². The third kappa shape index (κ3) is 13.4. The van der Waals surface area contributed by atoms with Crippen LogP contribution in [0, 0.1) is 0 Å². The number of carbonyl (C=O) groups excluding carboxylic acids is 1. The predicted octanol–water partition coefficient (Wildman–Crippen LogP) is 4.69. The van der Waals surface area contributed by atoms with Crippen molar-refractivity contribution in [3.63, 3.8) is 0 Å². The van der Waals surface area contributed by atoms with Gasteiger partial charge in [-0.1, -0.05) is 74.5 Å². The largest absolute Gasteiger partial charge is 0.293 e. The van der Waals surface area contributed by atoms with Gasteiger partial charge in [0.25, 0.3) is 0 Å². The molecule has 0 aliphatic heterocycles. The monoisotopic (exact) mass is 274 g/mol. The molecule has 0 atom stereocenters. The fraction of sp³-hybridized carbons (Fsp3) is 0.462. The molecule has 0 aromatic rings. The first-order valence-electron chi connectivity index (χ1n) is 5.30. The Bertz CT molecular complexity index is 203. The molecule has 0 amide bonds. The molecule has 0 rings (SSSR count). The Labute approximate surface area is 103 Å². The Morgan fingerprint density at radius 1 is 1.27 bits per heavy atom. The van der Waals surface area contributed by atoms with E-state index in [0.717, 1.165) is 0 Å². The smallest absolute Gasteiger partial charge is 0.173 e. The van der Waals surface area contributed by atoms with Crippen molar-refractivity contribution in [2.45, 2.75) is 34.6 Å². The van der Waals surface area contributed by atoms with Gasteiger partial charge in [-0.05, 0) is 6.92 Å². The lowest BCUT2D eigenvalue weighted by Crippen LogP contribution is -2.00. The van der Waals surface area contributed by atoms with Gasteiger partial charge in [0.05, 0.1) is 5.33 Å². The van der Waals surface area contributed by atoms with Crippen molar-refractivity contribution >= 4 is 21.7 Å². The molecule has 0 bridgehead atoms. The summed E-state index contributed by atoms with van der Waals surface area (Å²) in [5, 5.41) is 0.369. The summed E-state index contributed by atoms with van der Waals surface area (Å²) in [6.45, 7) is 13.4. The number of Topliss-reactive ketones (excluding diaryl/α,β-unsaturated/α-hetero) is 1. The van der Waals surface area contributed by atoms with Crippen LogP contribution >= 0.6 is 15.9 Å². The molecule has 2 heteroatoms. The van der Waals surface area contributed by atoms with E-state index in [1.807, 2.05) is 34.6 Å². The zero-order chi connectivity index (χ0) is 12.7. The summed E-state index contributed by atoms with van der Waals surface area (Å²) in [4.78, 5) is 11.0. The molecule has 0 fully saturated rings. The number of halogens is 1. The molecule has 0 heterocycles. The highest BCUT2D eigenvalue weighted by Crippen LogP contribution is 2.01. The zero-order valence-corrected chi connectivity index (χ0v) is 12.1. The molecular weight excluding hydrogens is 252 g/mol. The number of alkyl halides is 1. The van der Waals surface area contributed by atoms with Crippen LogP contribution in [0.1, 0.15) is 34.6 Å². The average molecular weight is 275 g/mol. The van der Waals surface area contributed by atoms with Crippen LogP contribution in [-0.2, 0) is 4.79 Å². The van der Waals surface area contributed by atoms with Gasteiger partial charge in [0.15, 0.2) is 5.78 Å². The maximum Gasteiger partial charge on any atom is 0.173 e. The molecule has 0 aliphatic rings. The second-order valence-electron chi connectivity index (χ2n) is 1.90. The van der Waals surface area contributed by atoms with Crippen LogP contribution in [0.2, 0.25) is 0 Å². The minimum Gasteiger partial charge on any atom is -0.293 e. The van der Waals surface area contributed by atoms with E-state index in [1.165, 1.54) is 0 Å². The summed E-state index contributed by atoms with van der Waals surface area (Å²) in [5.41, 5.74) is 0.710. The summed E-state index contributed by atoms with van der Waals surface area (Å²) in [5.74, 6) is 0.0885. The van der Waals surface area contributed by atoms with Crippen molar-refractivity contribution in [2.75, 3.05) is 5.33 Å². The van der Waals surface area contributed by atoms with Gasteiger partial charge in [-0.15, -0.1) is 0 Å². The summed E-state index contributed by atoms with van der Waals surface area (Å²) < 4.78 is 0. The highest BCUT2D eigenvalue weighted by Gasteiger charge is 2.00. The summed E-state index contributed by atoms with van der Waals surface area (Å²) in [6.07, 6.45) is 6.92. The SMILES string of the molecule is C=C/C=C\C(=C/C)C(=O)CBr.CC.CC. The number of ketones is 1. The van der Waals surface area contributed by atoms with Gasteiger partial charge >= 0.3 is 0 Å². The second kappa shape index (κ2) is 19.0. The quantitative estimate of drug-likeness (QED) is 0.413. The lowest BCUT2D eigenvalue weighted by molar-refractivity contribution is -0.112. The van der Waals surface area contributed by atoms with Crippen LogP contribution in [0.4, 0.5) is 0 Å². The predicted molar refractivity (Wildman–Crippen MR) is 74.6 cm³/mol. The maximum atomic E-state index is 11.0. The fourth-order valence-electron chi connectivity index (χ4n) is 0.599. The second-order valence-corrected chi connectivity index (χ2v) is 2.46. The minimum atomic E-state index is 0.0885. The van der Waals surface area contributed by atoms with Crippen LogP contribution < -0.4 is 0 Å². The van der Waals surface area contributed by atoms with Crippen LogP contribution in [0.3, 0.4) is 0 Å². The third-order valence-electron chi connectivity index (χ3n) is 1.17. The first-order chi connectivity index (χ1) is 7.26. The fourth-order valence-corrected chi connectivity index (χ4v) is 0.923. The van der Waals surface area contributed by atoms with Crippen molar-refractivity contribution in [2.24, 2.45) is 0 Å². The summed E-state index contributed by atoms with van der Waals surface area (Å²) in [7, 11) is 0. The molecule has 15 heavy (non-hydrogen) atoms. The van der Waals surface area contributed by atoms with E-state index < -0.39 is 0 Å². The summed E-state index contributed by atoms with van der Waals surface area (Å²) in [6, 6.07) is 0. The molecule has 0 radical (unpaired) electrons. The lowest BCUT2D eigenvalue weighted by atomic mass is 10.1. The first kappa shape index (κ1) is 19.9. The van der Waals surface area contributed by atoms with Gasteiger partial charge in [0.2, 0.25) is 0 Å². The molecule has 88 valence electrons. The molecule has 0 unspecified atom stereocenters. The third-order valence-corrected chi connectivity index (χ3v) is 1.68. The number of hydrogen-bond donors (Lipinski definition) is 0. The zero-order valence-electron chi connectivity index (χ0n) is 10.5. The molecule has 0 aromatic carbocycles. The van der Waals surface area contributed by atoms with Crippen LogP contribution in [0.25, 0.3) is 0 Å². The first-order valence-corrected chi connectivity index (χ1v) is 6.43. The standard InChI is InChI=1S/C9H11BrO.2C2H6/c1-3-5-6-8(4-2)9(11)7-10;2*1-2/h3-6H,1,7H2,2H3;2*1-2H3/b6-5-,8-4+;;. The van der Waals surface area contributed by atoms with Crippen LogP contribution in [0.5, 0.6) is 0 Å². The molecule has 0 aromatic heterocycles. The lowest BCUT2D eigenvalue weighted by Gasteiger charge is -1.93. The summed E-state index contributed by atoms with van der Waals surface area (Å²) >= 11 is 3.10. The topological polar surface area (TPSA) is 17.1 Å². The van der Waals surface area contributed by atoms with E-state index in [9.17, 15) is 4.79 Å². The van der Waals surface area contributed by atoms with Crippen molar-refractivity contribution < 1.29 is 4.79 Å². The van der Waals surface area contributed by atoms with Crippen molar-refractivity contribution in [1.29, 1.82) is 0 Å². The van der Waals surface area contributed by atoms with E-state index in [1.54, 1.807) is 24.3 Å². The van der Waals surface area contributed by atoms with Gasteiger partial charge < -0.3 is 0 Å². The van der Waals surface area contributed by atoms with Gasteiger partial charge in [0.1, 0.15) is 0 Å². The Balaban J connectivity index is -0.000000318. The molecule has 0 saturated carbocycles. The highest BCUT2D eigenvalue weighted by molar-refractivity contribution is 9.09.